The number of amides is 1. The van der Waals surface area contributed by atoms with Crippen molar-refractivity contribution in [2.24, 2.45) is 11.3 Å². The highest BCUT2D eigenvalue weighted by Gasteiger charge is 2.43. The largest absolute Gasteiger partial charge is 0.494 e. The molecule has 3 rings (SSSR count). The third-order valence-corrected chi connectivity index (χ3v) is 5.53. The highest BCUT2D eigenvalue weighted by atomic mass is 16.5. The van der Waals surface area contributed by atoms with Crippen LogP contribution in [-0.2, 0) is 9.59 Å². The monoisotopic (exact) mass is 331 g/mol. The van der Waals surface area contributed by atoms with E-state index in [4.69, 9.17) is 4.74 Å². The van der Waals surface area contributed by atoms with Crippen LogP contribution in [-0.4, -0.2) is 41.6 Å². The molecule has 1 heterocycles. The molecule has 1 saturated heterocycles. The highest BCUT2D eigenvalue weighted by Crippen LogP contribution is 2.37. The summed E-state index contributed by atoms with van der Waals surface area (Å²) < 4.78 is 5.68. The van der Waals surface area contributed by atoms with Crippen molar-refractivity contribution in [1.29, 1.82) is 0 Å². The van der Waals surface area contributed by atoms with Gasteiger partial charge in [-0.25, -0.2) is 0 Å². The molecule has 1 aliphatic heterocycles. The molecule has 2 fully saturated rings. The molecule has 1 saturated carbocycles. The van der Waals surface area contributed by atoms with Crippen LogP contribution < -0.4 is 4.74 Å². The number of carboxylic acid groups (broad SMARTS) is 1. The maximum Gasteiger partial charge on any atom is 0.309 e. The molecule has 0 aromatic heterocycles. The Morgan fingerprint density at radius 1 is 1.17 bits per heavy atom. The number of benzene rings is 1. The summed E-state index contributed by atoms with van der Waals surface area (Å²) in [6.45, 7) is 1.48. The number of piperidine rings is 1. The molecule has 5 heteroatoms. The fourth-order valence-electron chi connectivity index (χ4n) is 3.52. The fraction of sp³-hybridized carbons (Fsp3) is 0.579. The van der Waals surface area contributed by atoms with Crippen molar-refractivity contribution in [3.8, 4) is 5.75 Å². The predicted octanol–water partition coefficient (Wildman–Crippen LogP) is 2.95. The molecule has 24 heavy (non-hydrogen) atoms. The third-order valence-electron chi connectivity index (χ3n) is 5.53. The van der Waals surface area contributed by atoms with Crippen LogP contribution in [0, 0.1) is 11.3 Å². The van der Waals surface area contributed by atoms with Crippen molar-refractivity contribution in [2.75, 3.05) is 19.7 Å². The smallest absolute Gasteiger partial charge is 0.309 e. The predicted molar refractivity (Wildman–Crippen MR) is 89.8 cm³/mol. The topological polar surface area (TPSA) is 66.8 Å². The molecular formula is C19H25NO4. The number of likely N-dealkylation sites (tertiary alicyclic amines) is 1. The van der Waals surface area contributed by atoms with E-state index in [9.17, 15) is 14.7 Å². The van der Waals surface area contributed by atoms with Crippen LogP contribution in [0.3, 0.4) is 0 Å². The number of hydrogen-bond acceptors (Lipinski definition) is 3. The first kappa shape index (κ1) is 16.8. The van der Waals surface area contributed by atoms with Gasteiger partial charge in [0.05, 0.1) is 12.0 Å². The Kier molecular flexibility index (Phi) is 5.07. The van der Waals surface area contributed by atoms with E-state index in [2.05, 4.69) is 0 Å². The van der Waals surface area contributed by atoms with Crippen molar-refractivity contribution in [3.05, 3.63) is 30.3 Å². The van der Waals surface area contributed by atoms with Gasteiger partial charge in [0.25, 0.3) is 0 Å². The molecule has 5 nitrogen and oxygen atoms in total. The average Bonchev–Trinajstić information content (AvgIpc) is 2.54. The lowest BCUT2D eigenvalue weighted by atomic mass is 9.75. The number of carbonyl (C=O) groups excluding carboxylic acids is 1. The molecule has 0 spiro atoms. The second-order valence-electron chi connectivity index (χ2n) is 6.95. The summed E-state index contributed by atoms with van der Waals surface area (Å²) in [4.78, 5) is 26.0. The Balaban J connectivity index is 1.53. The van der Waals surface area contributed by atoms with Crippen LogP contribution in [0.1, 0.15) is 38.5 Å². The highest BCUT2D eigenvalue weighted by molar-refractivity contribution is 5.80. The maximum absolute atomic E-state index is 12.3. The first-order valence-electron chi connectivity index (χ1n) is 8.81. The molecule has 1 amide bonds. The van der Waals surface area contributed by atoms with Crippen molar-refractivity contribution >= 4 is 11.9 Å². The minimum absolute atomic E-state index is 0.184. The normalized spacial score (nSPS) is 20.2. The second kappa shape index (κ2) is 7.24. The van der Waals surface area contributed by atoms with Gasteiger partial charge in [0.15, 0.2) is 0 Å². The molecular weight excluding hydrogens is 306 g/mol. The van der Waals surface area contributed by atoms with Crippen molar-refractivity contribution < 1.29 is 19.4 Å². The number of aliphatic carboxylic acids is 1. The Bertz CT molecular complexity index is 574. The molecule has 2 aliphatic rings. The lowest BCUT2D eigenvalue weighted by Crippen LogP contribution is -2.49. The van der Waals surface area contributed by atoms with Gasteiger partial charge in [-0.1, -0.05) is 24.6 Å². The van der Waals surface area contributed by atoms with E-state index in [0.29, 0.717) is 39.0 Å². The second-order valence-corrected chi connectivity index (χ2v) is 6.95. The Morgan fingerprint density at radius 3 is 2.38 bits per heavy atom. The van der Waals surface area contributed by atoms with Gasteiger partial charge in [0, 0.05) is 19.0 Å². The standard InChI is InChI=1S/C19H25NO4/c21-17(15-5-4-6-15)20-12-9-19(10-13-20,18(22)23)11-14-24-16-7-2-1-3-8-16/h1-3,7-8,15H,4-6,9-14H2,(H,22,23). The summed E-state index contributed by atoms with van der Waals surface area (Å²) in [5.41, 5.74) is -0.773. The summed E-state index contributed by atoms with van der Waals surface area (Å²) in [6, 6.07) is 9.45. The minimum Gasteiger partial charge on any atom is -0.494 e. The number of hydrogen-bond donors (Lipinski definition) is 1. The quantitative estimate of drug-likeness (QED) is 0.870. The van der Waals surface area contributed by atoms with Crippen molar-refractivity contribution in [1.82, 2.24) is 4.90 Å². The van der Waals surface area contributed by atoms with Crippen LogP contribution >= 0.6 is 0 Å². The first-order valence-corrected chi connectivity index (χ1v) is 8.81. The molecule has 1 aromatic carbocycles. The van der Waals surface area contributed by atoms with Gasteiger partial charge in [-0.2, -0.15) is 0 Å². The molecule has 1 aromatic rings. The summed E-state index contributed by atoms with van der Waals surface area (Å²) in [6.07, 6.45) is 4.62. The number of carbonyl (C=O) groups is 2. The first-order chi connectivity index (χ1) is 11.6. The summed E-state index contributed by atoms with van der Waals surface area (Å²) in [7, 11) is 0. The van der Waals surface area contributed by atoms with Gasteiger partial charge in [0.1, 0.15) is 5.75 Å². The minimum atomic E-state index is -0.773. The van der Waals surface area contributed by atoms with Crippen molar-refractivity contribution in [2.45, 2.75) is 38.5 Å². The van der Waals surface area contributed by atoms with Crippen LogP contribution in [0.4, 0.5) is 0 Å². The number of carboxylic acids is 1. The zero-order valence-electron chi connectivity index (χ0n) is 13.9. The number of para-hydroxylation sites is 1. The van der Waals surface area contributed by atoms with E-state index in [0.717, 1.165) is 25.0 Å². The zero-order chi connectivity index (χ0) is 17.0. The Labute approximate surface area is 142 Å². The third kappa shape index (κ3) is 3.55. The number of nitrogens with zero attached hydrogens (tertiary/aromatic N) is 1. The molecule has 0 bridgehead atoms. The Hall–Kier alpha value is -2.04. The van der Waals surface area contributed by atoms with Gasteiger partial charge >= 0.3 is 5.97 Å². The van der Waals surface area contributed by atoms with Gasteiger partial charge in [-0.3, -0.25) is 9.59 Å². The summed E-state index contributed by atoms with van der Waals surface area (Å²) in [5, 5.41) is 9.72. The van der Waals surface area contributed by atoms with Gasteiger partial charge in [-0.05, 0) is 44.2 Å². The van der Waals surface area contributed by atoms with E-state index >= 15 is 0 Å². The zero-order valence-corrected chi connectivity index (χ0v) is 13.9. The molecule has 0 radical (unpaired) electrons. The molecule has 0 unspecified atom stereocenters. The molecule has 1 N–H and O–H groups in total. The van der Waals surface area contributed by atoms with Crippen LogP contribution in [0.5, 0.6) is 5.75 Å². The molecule has 0 atom stereocenters. The Morgan fingerprint density at radius 2 is 1.83 bits per heavy atom. The van der Waals surface area contributed by atoms with E-state index in [1.54, 1.807) is 0 Å². The van der Waals surface area contributed by atoms with Crippen LogP contribution in [0.15, 0.2) is 30.3 Å². The number of ether oxygens (including phenoxy) is 1. The van der Waals surface area contributed by atoms with E-state index in [1.807, 2.05) is 35.2 Å². The molecule has 1 aliphatic carbocycles. The SMILES string of the molecule is O=C(C1CCC1)N1CCC(CCOc2ccccc2)(C(=O)O)CC1. The maximum atomic E-state index is 12.3. The van der Waals surface area contributed by atoms with Gasteiger partial charge in [0.2, 0.25) is 5.91 Å². The van der Waals surface area contributed by atoms with Gasteiger partial charge < -0.3 is 14.7 Å². The lowest BCUT2D eigenvalue weighted by Gasteiger charge is -2.41. The summed E-state index contributed by atoms with van der Waals surface area (Å²) >= 11 is 0. The van der Waals surface area contributed by atoms with E-state index in [-0.39, 0.29) is 11.8 Å². The fourth-order valence-corrected chi connectivity index (χ4v) is 3.52. The summed E-state index contributed by atoms with van der Waals surface area (Å²) in [5.74, 6) is 0.398. The van der Waals surface area contributed by atoms with Gasteiger partial charge in [-0.15, -0.1) is 0 Å². The average molecular weight is 331 g/mol. The van der Waals surface area contributed by atoms with E-state index in [1.165, 1.54) is 0 Å². The molecule has 130 valence electrons. The van der Waals surface area contributed by atoms with Crippen LogP contribution in [0.2, 0.25) is 0 Å². The lowest BCUT2D eigenvalue weighted by molar-refractivity contribution is -0.156. The van der Waals surface area contributed by atoms with Crippen molar-refractivity contribution in [3.63, 3.8) is 0 Å². The van der Waals surface area contributed by atoms with Crippen LogP contribution in [0.25, 0.3) is 0 Å². The van der Waals surface area contributed by atoms with E-state index < -0.39 is 11.4 Å². The number of rotatable bonds is 6.